The first-order chi connectivity index (χ1) is 13.8. The van der Waals surface area contributed by atoms with Crippen LogP contribution >= 0.6 is 0 Å². The minimum atomic E-state index is 0.497. The van der Waals surface area contributed by atoms with E-state index in [-0.39, 0.29) is 0 Å². The molecule has 0 spiro atoms. The molecule has 2 aliphatic rings. The molecule has 0 radical (unpaired) electrons. The smallest absolute Gasteiger partial charge is 0.227 e. The molecular weight excluding hydrogens is 350 g/mol. The van der Waals surface area contributed by atoms with Crippen molar-refractivity contribution in [3.63, 3.8) is 0 Å². The molecule has 4 rings (SSSR count). The van der Waals surface area contributed by atoms with Gasteiger partial charge in [-0.05, 0) is 37.4 Å². The number of piperidine rings is 1. The fourth-order valence-electron chi connectivity index (χ4n) is 4.12. The zero-order chi connectivity index (χ0) is 19.2. The Balaban J connectivity index is 1.36. The van der Waals surface area contributed by atoms with Gasteiger partial charge < -0.3 is 19.4 Å². The monoisotopic (exact) mass is 381 g/mol. The number of aromatic nitrogens is 2. The van der Waals surface area contributed by atoms with Gasteiger partial charge >= 0.3 is 0 Å². The maximum Gasteiger partial charge on any atom is 0.227 e. The van der Waals surface area contributed by atoms with Crippen LogP contribution in [0.2, 0.25) is 0 Å². The fourth-order valence-corrected chi connectivity index (χ4v) is 4.12. The van der Waals surface area contributed by atoms with Crippen LogP contribution in [0.25, 0.3) is 0 Å². The number of anilines is 2. The van der Waals surface area contributed by atoms with Crippen molar-refractivity contribution in [2.45, 2.75) is 25.3 Å². The molecule has 28 heavy (non-hydrogen) atoms. The Morgan fingerprint density at radius 2 is 1.93 bits per heavy atom. The summed E-state index contributed by atoms with van der Waals surface area (Å²) >= 11 is 0. The van der Waals surface area contributed by atoms with E-state index >= 15 is 0 Å². The summed E-state index contributed by atoms with van der Waals surface area (Å²) in [6.07, 6.45) is 5.46. The second-order valence-corrected chi connectivity index (χ2v) is 7.76. The lowest BCUT2D eigenvalue weighted by atomic mass is 10.0. The fraction of sp³-hybridized carbons (Fsp3) is 0.545. The number of likely N-dealkylation sites (N-methyl/N-ethyl adjacent to an activating group) is 1. The van der Waals surface area contributed by atoms with E-state index in [0.29, 0.717) is 6.04 Å². The molecule has 0 bridgehead atoms. The molecule has 1 unspecified atom stereocenters. The Labute approximate surface area is 168 Å². The van der Waals surface area contributed by atoms with Crippen molar-refractivity contribution < 1.29 is 4.74 Å². The summed E-state index contributed by atoms with van der Waals surface area (Å²) in [7, 11) is 2.18. The SMILES string of the molecule is CN(c1ccnc(N2CCOCC2)n1)C1CCCN(CCc2ccccc2)C1. The van der Waals surface area contributed by atoms with Crippen LogP contribution < -0.4 is 9.80 Å². The van der Waals surface area contributed by atoms with E-state index in [2.05, 4.69) is 57.1 Å². The molecule has 6 heteroatoms. The Morgan fingerprint density at radius 3 is 2.75 bits per heavy atom. The molecule has 1 atom stereocenters. The van der Waals surface area contributed by atoms with Gasteiger partial charge in [-0.1, -0.05) is 30.3 Å². The first-order valence-electron chi connectivity index (χ1n) is 10.4. The zero-order valence-electron chi connectivity index (χ0n) is 16.8. The van der Waals surface area contributed by atoms with Crippen molar-refractivity contribution in [2.24, 2.45) is 0 Å². The van der Waals surface area contributed by atoms with Crippen LogP contribution in [0.1, 0.15) is 18.4 Å². The topological polar surface area (TPSA) is 44.7 Å². The second-order valence-electron chi connectivity index (χ2n) is 7.76. The van der Waals surface area contributed by atoms with Crippen molar-refractivity contribution in [3.05, 3.63) is 48.2 Å². The number of nitrogens with zero attached hydrogens (tertiary/aromatic N) is 5. The van der Waals surface area contributed by atoms with Gasteiger partial charge in [0.15, 0.2) is 0 Å². The quantitative estimate of drug-likeness (QED) is 0.766. The average Bonchev–Trinajstić information content (AvgIpc) is 2.79. The van der Waals surface area contributed by atoms with Crippen molar-refractivity contribution in [3.8, 4) is 0 Å². The summed E-state index contributed by atoms with van der Waals surface area (Å²) in [6, 6.07) is 13.3. The molecular formula is C22H31N5O. The molecule has 2 aliphatic heterocycles. The highest BCUT2D eigenvalue weighted by atomic mass is 16.5. The van der Waals surface area contributed by atoms with Gasteiger partial charge in [0, 0.05) is 45.5 Å². The first kappa shape index (κ1) is 19.2. The second kappa shape index (κ2) is 9.34. The summed E-state index contributed by atoms with van der Waals surface area (Å²) < 4.78 is 5.45. The maximum atomic E-state index is 5.45. The number of ether oxygens (including phenoxy) is 1. The maximum absolute atomic E-state index is 5.45. The molecule has 0 amide bonds. The lowest BCUT2D eigenvalue weighted by Crippen LogP contribution is -2.47. The highest BCUT2D eigenvalue weighted by Gasteiger charge is 2.24. The highest BCUT2D eigenvalue weighted by Crippen LogP contribution is 2.22. The molecule has 6 nitrogen and oxygen atoms in total. The molecule has 1 aromatic heterocycles. The Morgan fingerprint density at radius 1 is 1.11 bits per heavy atom. The van der Waals surface area contributed by atoms with Gasteiger partial charge in [-0.2, -0.15) is 4.98 Å². The number of benzene rings is 1. The Bertz CT molecular complexity index is 735. The summed E-state index contributed by atoms with van der Waals surface area (Å²) in [4.78, 5) is 16.5. The molecule has 2 aromatic rings. The minimum absolute atomic E-state index is 0.497. The lowest BCUT2D eigenvalue weighted by Gasteiger charge is -2.38. The lowest BCUT2D eigenvalue weighted by molar-refractivity contribution is 0.122. The van der Waals surface area contributed by atoms with Crippen LogP contribution in [0.5, 0.6) is 0 Å². The van der Waals surface area contributed by atoms with E-state index in [4.69, 9.17) is 9.72 Å². The third kappa shape index (κ3) is 4.80. The first-order valence-corrected chi connectivity index (χ1v) is 10.4. The van der Waals surface area contributed by atoms with Crippen molar-refractivity contribution in [1.29, 1.82) is 0 Å². The number of hydrogen-bond acceptors (Lipinski definition) is 6. The van der Waals surface area contributed by atoms with Gasteiger partial charge in [0.2, 0.25) is 5.95 Å². The Kier molecular flexibility index (Phi) is 6.39. The standard InChI is InChI=1S/C22H31N5O/c1-25(21-9-11-23-22(24-21)27-14-16-28-17-15-27)20-8-5-12-26(18-20)13-10-19-6-3-2-4-7-19/h2-4,6-7,9,11,20H,5,8,10,12-18H2,1H3. The van der Waals surface area contributed by atoms with E-state index < -0.39 is 0 Å². The van der Waals surface area contributed by atoms with Gasteiger partial charge in [-0.3, -0.25) is 0 Å². The van der Waals surface area contributed by atoms with E-state index in [9.17, 15) is 0 Å². The predicted octanol–water partition coefficient (Wildman–Crippen LogP) is 2.46. The summed E-state index contributed by atoms with van der Waals surface area (Å²) in [5.74, 6) is 1.84. The molecule has 0 saturated carbocycles. The highest BCUT2D eigenvalue weighted by molar-refractivity contribution is 5.44. The van der Waals surface area contributed by atoms with Gasteiger partial charge in [0.05, 0.1) is 13.2 Å². The minimum Gasteiger partial charge on any atom is -0.378 e. The third-order valence-corrected chi connectivity index (χ3v) is 5.87. The zero-order valence-corrected chi connectivity index (χ0v) is 16.8. The van der Waals surface area contributed by atoms with Crippen LogP contribution in [0, 0.1) is 0 Å². The summed E-state index contributed by atoms with van der Waals surface area (Å²) in [5, 5.41) is 0. The van der Waals surface area contributed by atoms with Gasteiger partial charge in [-0.25, -0.2) is 4.98 Å². The van der Waals surface area contributed by atoms with Crippen molar-refractivity contribution >= 4 is 11.8 Å². The van der Waals surface area contributed by atoms with Crippen molar-refractivity contribution in [1.82, 2.24) is 14.9 Å². The van der Waals surface area contributed by atoms with Crippen LogP contribution in [0.3, 0.4) is 0 Å². The van der Waals surface area contributed by atoms with Crippen molar-refractivity contribution in [2.75, 3.05) is 62.8 Å². The molecule has 3 heterocycles. The van der Waals surface area contributed by atoms with E-state index in [1.807, 2.05) is 12.3 Å². The third-order valence-electron chi connectivity index (χ3n) is 5.87. The Hall–Kier alpha value is -2.18. The summed E-state index contributed by atoms with van der Waals surface area (Å²) in [6.45, 7) is 6.65. The van der Waals surface area contributed by atoms with Crippen LogP contribution in [0.4, 0.5) is 11.8 Å². The number of morpholine rings is 1. The molecule has 2 saturated heterocycles. The molecule has 0 N–H and O–H groups in total. The normalized spacial score (nSPS) is 20.9. The number of rotatable bonds is 6. The summed E-state index contributed by atoms with van der Waals surface area (Å²) in [5.41, 5.74) is 1.42. The van der Waals surface area contributed by atoms with Crippen LogP contribution in [-0.2, 0) is 11.2 Å². The van der Waals surface area contributed by atoms with E-state index in [1.54, 1.807) is 0 Å². The van der Waals surface area contributed by atoms with Gasteiger partial charge in [-0.15, -0.1) is 0 Å². The van der Waals surface area contributed by atoms with Gasteiger partial charge in [0.1, 0.15) is 5.82 Å². The van der Waals surface area contributed by atoms with Crippen LogP contribution in [-0.4, -0.2) is 73.9 Å². The average molecular weight is 382 g/mol. The molecule has 150 valence electrons. The van der Waals surface area contributed by atoms with E-state index in [0.717, 1.165) is 57.6 Å². The molecule has 2 fully saturated rings. The largest absolute Gasteiger partial charge is 0.378 e. The molecule has 1 aromatic carbocycles. The van der Waals surface area contributed by atoms with Gasteiger partial charge in [0.25, 0.3) is 0 Å². The number of hydrogen-bond donors (Lipinski definition) is 0. The number of likely N-dealkylation sites (tertiary alicyclic amines) is 1. The molecule has 0 aliphatic carbocycles. The van der Waals surface area contributed by atoms with Crippen LogP contribution in [0.15, 0.2) is 42.6 Å². The van der Waals surface area contributed by atoms with E-state index in [1.165, 1.54) is 24.9 Å². The predicted molar refractivity (Wildman–Crippen MR) is 113 cm³/mol.